The molecule has 0 N–H and O–H groups in total. The van der Waals surface area contributed by atoms with E-state index < -0.39 is 6.09 Å². The van der Waals surface area contributed by atoms with Gasteiger partial charge in [-0.2, -0.15) is 0 Å². The Labute approximate surface area is 70.8 Å². The molecule has 1 aliphatic heterocycles. The van der Waals surface area contributed by atoms with Gasteiger partial charge in [0.05, 0.1) is 6.04 Å². The van der Waals surface area contributed by atoms with Crippen molar-refractivity contribution in [1.29, 1.82) is 0 Å². The van der Waals surface area contributed by atoms with Crippen molar-refractivity contribution in [2.45, 2.75) is 19.9 Å². The zero-order valence-corrected chi connectivity index (χ0v) is 7.11. The second-order valence-corrected chi connectivity index (χ2v) is 2.63. The van der Waals surface area contributed by atoms with E-state index in [0.717, 1.165) is 4.90 Å². The number of hydrogen-bond donors (Lipinski definition) is 0. The lowest BCUT2D eigenvalue weighted by molar-refractivity contribution is -0.123. The predicted octanol–water partition coefficient (Wildman–Crippen LogP) is 0.930. The summed E-state index contributed by atoms with van der Waals surface area (Å²) in [6.07, 6.45) is 2.40. The number of nitrogens with zero attached hydrogens (tertiary/aromatic N) is 1. The molecule has 1 saturated heterocycles. The van der Waals surface area contributed by atoms with Crippen LogP contribution in [-0.2, 0) is 9.53 Å². The van der Waals surface area contributed by atoms with E-state index in [1.54, 1.807) is 19.9 Å². The Balaban J connectivity index is 2.72. The molecule has 0 aromatic heterocycles. The van der Waals surface area contributed by atoms with Crippen LogP contribution in [-0.4, -0.2) is 29.5 Å². The summed E-state index contributed by atoms with van der Waals surface area (Å²) < 4.78 is 4.68. The van der Waals surface area contributed by atoms with Gasteiger partial charge in [-0.1, -0.05) is 6.08 Å². The molecule has 1 rings (SSSR count). The minimum Gasteiger partial charge on any atom is -0.447 e. The van der Waals surface area contributed by atoms with Crippen LogP contribution in [0.5, 0.6) is 0 Å². The zero-order chi connectivity index (χ0) is 9.14. The summed E-state index contributed by atoms with van der Waals surface area (Å²) >= 11 is 0. The quantitative estimate of drug-likeness (QED) is 0.548. The molecular formula is C8H11NO3. The number of cyclic esters (lactones) is 1. The van der Waals surface area contributed by atoms with E-state index >= 15 is 0 Å². The molecule has 0 spiro atoms. The zero-order valence-electron chi connectivity index (χ0n) is 7.11. The van der Waals surface area contributed by atoms with Gasteiger partial charge in [0.1, 0.15) is 6.61 Å². The number of hydrogen-bond acceptors (Lipinski definition) is 3. The maximum atomic E-state index is 11.2. The molecule has 1 fully saturated rings. The third-order valence-electron chi connectivity index (χ3n) is 1.63. The number of allylic oxidation sites excluding steroid dienone is 1. The Morgan fingerprint density at radius 1 is 1.75 bits per heavy atom. The van der Waals surface area contributed by atoms with Gasteiger partial charge < -0.3 is 4.74 Å². The summed E-state index contributed by atoms with van der Waals surface area (Å²) in [6.45, 7) is 3.79. The van der Waals surface area contributed by atoms with Crippen LogP contribution < -0.4 is 0 Å². The fraction of sp³-hybridized carbons (Fsp3) is 0.500. The van der Waals surface area contributed by atoms with Gasteiger partial charge in [0.15, 0.2) is 0 Å². The summed E-state index contributed by atoms with van der Waals surface area (Å²) in [7, 11) is 0. The monoisotopic (exact) mass is 169 g/mol. The summed E-state index contributed by atoms with van der Waals surface area (Å²) in [5.74, 6) is -0.312. The average molecular weight is 169 g/mol. The summed E-state index contributed by atoms with van der Waals surface area (Å²) in [6, 6.07) is -0.152. The van der Waals surface area contributed by atoms with Crippen molar-refractivity contribution in [2.75, 3.05) is 6.61 Å². The number of carbonyl (C=O) groups is 2. The normalized spacial score (nSPS) is 23.3. The molecule has 0 saturated carbocycles. The standard InChI is InChI=1S/C8H11NO3/c1-3-4-7(10)9-6(2)5-12-8(9)11/h3-4,6H,5H2,1-2H3. The van der Waals surface area contributed by atoms with E-state index in [1.807, 2.05) is 0 Å². The highest BCUT2D eigenvalue weighted by molar-refractivity contribution is 5.99. The first-order valence-electron chi connectivity index (χ1n) is 3.79. The lowest BCUT2D eigenvalue weighted by Gasteiger charge is -2.12. The van der Waals surface area contributed by atoms with E-state index in [1.165, 1.54) is 6.08 Å². The number of imide groups is 1. The van der Waals surface area contributed by atoms with Crippen molar-refractivity contribution in [3.05, 3.63) is 12.2 Å². The van der Waals surface area contributed by atoms with Gasteiger partial charge in [0, 0.05) is 0 Å². The second-order valence-electron chi connectivity index (χ2n) is 2.63. The molecule has 0 aliphatic carbocycles. The molecule has 2 amide bonds. The maximum Gasteiger partial charge on any atom is 0.417 e. The first kappa shape index (κ1) is 8.77. The first-order valence-corrected chi connectivity index (χ1v) is 3.79. The van der Waals surface area contributed by atoms with Crippen LogP contribution in [0, 0.1) is 0 Å². The molecule has 0 bridgehead atoms. The number of ether oxygens (including phenoxy) is 1. The molecule has 1 aliphatic rings. The Morgan fingerprint density at radius 2 is 2.42 bits per heavy atom. The molecule has 0 aromatic rings. The molecular weight excluding hydrogens is 158 g/mol. The van der Waals surface area contributed by atoms with Crippen molar-refractivity contribution >= 4 is 12.0 Å². The Kier molecular flexibility index (Phi) is 2.47. The fourth-order valence-corrected chi connectivity index (χ4v) is 1.05. The number of rotatable bonds is 1. The van der Waals surface area contributed by atoms with E-state index in [2.05, 4.69) is 4.74 Å². The van der Waals surface area contributed by atoms with Crippen molar-refractivity contribution in [3.8, 4) is 0 Å². The Bertz CT molecular complexity index is 234. The lowest BCUT2D eigenvalue weighted by atomic mass is 10.3. The fourth-order valence-electron chi connectivity index (χ4n) is 1.05. The molecule has 0 aromatic carbocycles. The van der Waals surface area contributed by atoms with Crippen LogP contribution in [0.1, 0.15) is 13.8 Å². The molecule has 4 nitrogen and oxygen atoms in total. The summed E-state index contributed by atoms with van der Waals surface area (Å²) in [5.41, 5.74) is 0. The van der Waals surface area contributed by atoms with Crippen molar-refractivity contribution in [3.63, 3.8) is 0 Å². The number of carbonyl (C=O) groups excluding carboxylic acids is 2. The first-order chi connectivity index (χ1) is 5.66. The van der Waals surface area contributed by atoms with E-state index in [9.17, 15) is 9.59 Å². The highest BCUT2D eigenvalue weighted by Gasteiger charge is 2.33. The SMILES string of the molecule is CC=CC(=O)N1C(=O)OCC1C. The maximum absolute atomic E-state index is 11.2. The van der Waals surface area contributed by atoms with Gasteiger partial charge in [-0.25, -0.2) is 9.69 Å². The smallest absolute Gasteiger partial charge is 0.417 e. The van der Waals surface area contributed by atoms with E-state index in [-0.39, 0.29) is 11.9 Å². The third-order valence-corrected chi connectivity index (χ3v) is 1.63. The van der Waals surface area contributed by atoms with Crippen molar-refractivity contribution in [1.82, 2.24) is 4.90 Å². The van der Waals surface area contributed by atoms with Crippen LogP contribution in [0.3, 0.4) is 0 Å². The molecule has 1 heterocycles. The highest BCUT2D eigenvalue weighted by Crippen LogP contribution is 2.11. The lowest BCUT2D eigenvalue weighted by Crippen LogP contribution is -2.35. The van der Waals surface area contributed by atoms with Crippen molar-refractivity contribution < 1.29 is 14.3 Å². The average Bonchev–Trinajstić information content (AvgIpc) is 2.32. The minimum absolute atomic E-state index is 0.152. The Hall–Kier alpha value is -1.32. The van der Waals surface area contributed by atoms with Gasteiger partial charge in [0.2, 0.25) is 0 Å². The molecule has 66 valence electrons. The van der Waals surface area contributed by atoms with Gasteiger partial charge >= 0.3 is 6.09 Å². The largest absolute Gasteiger partial charge is 0.447 e. The molecule has 0 radical (unpaired) electrons. The predicted molar refractivity (Wildman–Crippen MR) is 42.5 cm³/mol. The molecule has 1 unspecified atom stereocenters. The van der Waals surface area contributed by atoms with Crippen LogP contribution in [0.2, 0.25) is 0 Å². The van der Waals surface area contributed by atoms with E-state index in [4.69, 9.17) is 0 Å². The van der Waals surface area contributed by atoms with Gasteiger partial charge in [0.25, 0.3) is 5.91 Å². The third kappa shape index (κ3) is 1.47. The van der Waals surface area contributed by atoms with Crippen LogP contribution in [0.15, 0.2) is 12.2 Å². The molecule has 12 heavy (non-hydrogen) atoms. The number of amides is 2. The van der Waals surface area contributed by atoms with Gasteiger partial charge in [-0.05, 0) is 19.9 Å². The van der Waals surface area contributed by atoms with E-state index in [0.29, 0.717) is 6.61 Å². The van der Waals surface area contributed by atoms with Crippen molar-refractivity contribution in [2.24, 2.45) is 0 Å². The van der Waals surface area contributed by atoms with Crippen LogP contribution >= 0.6 is 0 Å². The topological polar surface area (TPSA) is 46.6 Å². The second kappa shape index (κ2) is 3.38. The minimum atomic E-state index is -0.550. The van der Waals surface area contributed by atoms with Gasteiger partial charge in [-0.3, -0.25) is 4.79 Å². The summed E-state index contributed by atoms with van der Waals surface area (Å²) in [5, 5.41) is 0. The van der Waals surface area contributed by atoms with Crippen LogP contribution in [0.25, 0.3) is 0 Å². The molecule has 1 atom stereocenters. The molecule has 4 heteroatoms. The Morgan fingerprint density at radius 3 is 2.83 bits per heavy atom. The highest BCUT2D eigenvalue weighted by atomic mass is 16.6. The summed E-state index contributed by atoms with van der Waals surface area (Å²) in [4.78, 5) is 23.3. The van der Waals surface area contributed by atoms with Gasteiger partial charge in [-0.15, -0.1) is 0 Å². The van der Waals surface area contributed by atoms with Crippen LogP contribution in [0.4, 0.5) is 4.79 Å².